The van der Waals surface area contributed by atoms with E-state index in [0.717, 1.165) is 6.42 Å². The molecule has 0 aromatic heterocycles. The van der Waals surface area contributed by atoms with Crippen LogP contribution in [0.25, 0.3) is 0 Å². The lowest BCUT2D eigenvalue weighted by Gasteiger charge is -1.96. The van der Waals surface area contributed by atoms with Gasteiger partial charge in [-0.25, -0.2) is 0 Å². The summed E-state index contributed by atoms with van der Waals surface area (Å²) in [5.41, 5.74) is 2.67. The zero-order chi connectivity index (χ0) is 8.10. The normalized spacial score (nSPS) is 10.7. The van der Waals surface area contributed by atoms with Gasteiger partial charge in [-0.2, -0.15) is 0 Å². The van der Waals surface area contributed by atoms with Crippen molar-refractivity contribution in [2.45, 2.75) is 13.3 Å². The standard InChI is InChI=1S/C11H13/c1-3-4-7-11-8-5-6-10(2)9-11/h3-6,8-9H,1,7H2,2H3. The van der Waals surface area contributed by atoms with E-state index in [9.17, 15) is 0 Å². The predicted molar refractivity (Wildman–Crippen MR) is 49.4 cm³/mol. The summed E-state index contributed by atoms with van der Waals surface area (Å²) in [4.78, 5) is 0. The van der Waals surface area contributed by atoms with E-state index in [0.29, 0.717) is 0 Å². The van der Waals surface area contributed by atoms with Gasteiger partial charge in [-0.15, -0.1) is 0 Å². The average molecular weight is 145 g/mol. The Morgan fingerprint density at radius 3 is 2.91 bits per heavy atom. The monoisotopic (exact) mass is 145 g/mol. The van der Waals surface area contributed by atoms with Crippen LogP contribution in [0.1, 0.15) is 11.1 Å². The van der Waals surface area contributed by atoms with Crippen molar-refractivity contribution < 1.29 is 0 Å². The molecule has 0 nitrogen and oxygen atoms in total. The summed E-state index contributed by atoms with van der Waals surface area (Å²) in [6, 6.07) is 8.52. The Morgan fingerprint density at radius 1 is 1.45 bits per heavy atom. The third-order valence-electron chi connectivity index (χ3n) is 1.60. The summed E-state index contributed by atoms with van der Waals surface area (Å²) < 4.78 is 0. The van der Waals surface area contributed by atoms with E-state index in [1.165, 1.54) is 11.1 Å². The molecule has 1 aromatic carbocycles. The molecule has 0 spiro atoms. The second-order valence-electron chi connectivity index (χ2n) is 2.66. The van der Waals surface area contributed by atoms with Crippen LogP contribution in [0.4, 0.5) is 0 Å². The van der Waals surface area contributed by atoms with E-state index < -0.39 is 0 Å². The Balaban J connectivity index is 2.71. The van der Waals surface area contributed by atoms with Crippen molar-refractivity contribution in [3.63, 3.8) is 0 Å². The number of allylic oxidation sites excluding steroid dienone is 2. The highest BCUT2D eigenvalue weighted by molar-refractivity contribution is 5.23. The first-order valence-corrected chi connectivity index (χ1v) is 3.82. The van der Waals surface area contributed by atoms with Crippen molar-refractivity contribution in [2.24, 2.45) is 0 Å². The predicted octanol–water partition coefficient (Wildman–Crippen LogP) is 2.93. The number of rotatable bonds is 2. The van der Waals surface area contributed by atoms with E-state index in [-0.39, 0.29) is 0 Å². The number of hydrogen-bond donors (Lipinski definition) is 0. The molecule has 57 valence electrons. The smallest absolute Gasteiger partial charge is 0.00974 e. The van der Waals surface area contributed by atoms with Crippen LogP contribution in [0.3, 0.4) is 0 Å². The van der Waals surface area contributed by atoms with Crippen LogP contribution in [0.5, 0.6) is 0 Å². The summed E-state index contributed by atoms with van der Waals surface area (Å²) >= 11 is 0. The lowest BCUT2D eigenvalue weighted by molar-refractivity contribution is 1.25. The van der Waals surface area contributed by atoms with Crippen molar-refractivity contribution in [3.05, 3.63) is 54.5 Å². The van der Waals surface area contributed by atoms with Gasteiger partial charge in [-0.1, -0.05) is 42.0 Å². The maximum Gasteiger partial charge on any atom is -0.00974 e. The van der Waals surface area contributed by atoms with Gasteiger partial charge in [0.1, 0.15) is 0 Å². The molecule has 0 fully saturated rings. The molecule has 0 bridgehead atoms. The molecule has 0 heterocycles. The van der Waals surface area contributed by atoms with E-state index in [1.54, 1.807) is 0 Å². The number of benzene rings is 1. The molecule has 0 aliphatic rings. The van der Waals surface area contributed by atoms with Crippen LogP contribution in [0, 0.1) is 13.8 Å². The Morgan fingerprint density at radius 2 is 2.27 bits per heavy atom. The SMILES string of the molecule is [CH2]C=CCc1cccc(C)c1. The molecule has 11 heavy (non-hydrogen) atoms. The van der Waals surface area contributed by atoms with Gasteiger partial charge in [0.05, 0.1) is 0 Å². The summed E-state index contributed by atoms with van der Waals surface area (Å²) in [7, 11) is 0. The first kappa shape index (κ1) is 8.06. The molecule has 0 N–H and O–H groups in total. The lowest BCUT2D eigenvalue weighted by Crippen LogP contribution is -1.80. The molecule has 0 aliphatic heterocycles. The van der Waals surface area contributed by atoms with E-state index in [4.69, 9.17) is 0 Å². The summed E-state index contributed by atoms with van der Waals surface area (Å²) in [6.07, 6.45) is 4.89. The second kappa shape index (κ2) is 3.97. The van der Waals surface area contributed by atoms with Crippen molar-refractivity contribution in [3.8, 4) is 0 Å². The van der Waals surface area contributed by atoms with Crippen LogP contribution in [0.15, 0.2) is 36.4 Å². The summed E-state index contributed by atoms with van der Waals surface area (Å²) in [5.74, 6) is 0. The van der Waals surface area contributed by atoms with Gasteiger partial charge in [-0.05, 0) is 25.8 Å². The molecule has 0 saturated carbocycles. The van der Waals surface area contributed by atoms with Gasteiger partial charge in [0, 0.05) is 0 Å². The minimum absolute atomic E-state index is 0.991. The minimum atomic E-state index is 0.991. The number of aryl methyl sites for hydroxylation is 1. The van der Waals surface area contributed by atoms with Crippen molar-refractivity contribution in [2.75, 3.05) is 0 Å². The highest BCUT2D eigenvalue weighted by Crippen LogP contribution is 2.04. The fourth-order valence-corrected chi connectivity index (χ4v) is 1.06. The maximum atomic E-state index is 3.64. The summed E-state index contributed by atoms with van der Waals surface area (Å²) in [6.45, 7) is 5.75. The van der Waals surface area contributed by atoms with E-state index in [2.05, 4.69) is 44.2 Å². The second-order valence-corrected chi connectivity index (χ2v) is 2.66. The fraction of sp³-hybridized carbons (Fsp3) is 0.182. The molecule has 1 aromatic rings. The zero-order valence-corrected chi connectivity index (χ0v) is 6.88. The third kappa shape index (κ3) is 2.58. The van der Waals surface area contributed by atoms with Gasteiger partial charge in [-0.3, -0.25) is 0 Å². The van der Waals surface area contributed by atoms with Crippen LogP contribution < -0.4 is 0 Å². The first-order chi connectivity index (χ1) is 5.33. The van der Waals surface area contributed by atoms with Crippen molar-refractivity contribution in [1.82, 2.24) is 0 Å². The third-order valence-corrected chi connectivity index (χ3v) is 1.60. The van der Waals surface area contributed by atoms with Crippen molar-refractivity contribution >= 4 is 0 Å². The van der Waals surface area contributed by atoms with E-state index >= 15 is 0 Å². The van der Waals surface area contributed by atoms with Crippen LogP contribution in [-0.2, 0) is 6.42 Å². The molecule has 1 rings (SSSR count). The van der Waals surface area contributed by atoms with Crippen LogP contribution >= 0.6 is 0 Å². The highest BCUT2D eigenvalue weighted by atomic mass is 13.9. The Kier molecular flexibility index (Phi) is 2.91. The number of hydrogen-bond acceptors (Lipinski definition) is 0. The van der Waals surface area contributed by atoms with Gasteiger partial charge in [0.2, 0.25) is 0 Å². The Hall–Kier alpha value is -1.04. The fourth-order valence-electron chi connectivity index (χ4n) is 1.06. The van der Waals surface area contributed by atoms with Crippen LogP contribution in [0.2, 0.25) is 0 Å². The van der Waals surface area contributed by atoms with Crippen molar-refractivity contribution in [1.29, 1.82) is 0 Å². The quantitative estimate of drug-likeness (QED) is 0.600. The van der Waals surface area contributed by atoms with Gasteiger partial charge >= 0.3 is 0 Å². The lowest BCUT2D eigenvalue weighted by atomic mass is 10.1. The molecule has 0 aliphatic carbocycles. The van der Waals surface area contributed by atoms with Crippen LogP contribution in [-0.4, -0.2) is 0 Å². The van der Waals surface area contributed by atoms with E-state index in [1.807, 2.05) is 6.08 Å². The van der Waals surface area contributed by atoms with Gasteiger partial charge in [0.25, 0.3) is 0 Å². The highest BCUT2D eigenvalue weighted by Gasteiger charge is 1.87. The summed E-state index contributed by atoms with van der Waals surface area (Å²) in [5, 5.41) is 0. The van der Waals surface area contributed by atoms with Gasteiger partial charge in [0.15, 0.2) is 0 Å². The average Bonchev–Trinajstić information content (AvgIpc) is 2.01. The molecule has 0 unspecified atom stereocenters. The van der Waals surface area contributed by atoms with Gasteiger partial charge < -0.3 is 0 Å². The topological polar surface area (TPSA) is 0 Å². The molecule has 1 radical (unpaired) electrons. The Bertz CT molecular complexity index is 246. The molecule has 0 saturated heterocycles. The molecule has 0 atom stereocenters. The molecular weight excluding hydrogens is 132 g/mol. The zero-order valence-electron chi connectivity index (χ0n) is 6.88. The molecule has 0 amide bonds. The maximum absolute atomic E-state index is 3.64. The molecular formula is C11H13. The Labute approximate surface area is 68.6 Å². The largest absolute Gasteiger partial charge is 0.0879 e. The minimum Gasteiger partial charge on any atom is -0.0879 e. The molecule has 0 heteroatoms. The first-order valence-electron chi connectivity index (χ1n) is 3.82.